The van der Waals surface area contributed by atoms with E-state index in [1.165, 1.54) is 89.2 Å². The largest absolute Gasteiger partial charge is 0.491 e. The van der Waals surface area contributed by atoms with Crippen molar-refractivity contribution in [3.05, 3.63) is 204 Å². The Morgan fingerprint density at radius 3 is 1.96 bits per heavy atom. The highest BCUT2D eigenvalue weighted by Crippen LogP contribution is 2.49. The van der Waals surface area contributed by atoms with Crippen molar-refractivity contribution in [3.8, 4) is 61.4 Å². The van der Waals surface area contributed by atoms with Crippen LogP contribution in [0.5, 0.6) is 5.75 Å². The molecule has 4 heterocycles. The summed E-state index contributed by atoms with van der Waals surface area (Å²) in [6.07, 6.45) is 3.95. The van der Waals surface area contributed by atoms with Gasteiger partial charge in [0, 0.05) is 51.9 Å². The number of rotatable bonds is 10. The molecule has 0 fully saturated rings. The molecule has 0 amide bonds. The molecule has 9 aromatic rings. The molecule has 362 valence electrons. The number of esters is 1. The Bertz CT molecular complexity index is 3710. The van der Waals surface area contributed by atoms with E-state index in [1.807, 2.05) is 45.9 Å². The number of aromatic nitrogens is 3. The smallest absolute Gasteiger partial charge is 0.341 e. The zero-order valence-electron chi connectivity index (χ0n) is 41.4. The first kappa shape index (κ1) is 45.7. The van der Waals surface area contributed by atoms with Crippen LogP contribution in [0.2, 0.25) is 5.02 Å². The summed E-state index contributed by atoms with van der Waals surface area (Å²) in [5.41, 5.74) is 24.1. The van der Waals surface area contributed by atoms with Gasteiger partial charge >= 0.3 is 5.97 Å². The van der Waals surface area contributed by atoms with Gasteiger partial charge < -0.3 is 9.47 Å². The molecule has 0 bridgehead atoms. The molecule has 3 aromatic heterocycles. The zero-order chi connectivity index (χ0) is 49.6. The number of hydrogen-bond acceptors (Lipinski definition) is 8. The maximum absolute atomic E-state index is 14.6. The van der Waals surface area contributed by atoms with Gasteiger partial charge in [-0.1, -0.05) is 96.5 Å². The lowest BCUT2D eigenvalue weighted by Gasteiger charge is -2.32. The van der Waals surface area contributed by atoms with Crippen LogP contribution in [0.15, 0.2) is 132 Å². The van der Waals surface area contributed by atoms with E-state index in [0.29, 0.717) is 40.6 Å². The molecule has 3 aliphatic carbocycles. The SMILES string of the molecule is Cc1cc(-c2cc(Cl)ccc2OCCn2c(C)nc3c(c2=O)CC(N2Cc4cc(-c5cccc6c5Cc5ccccc5-6)c(-c5cccc6c5Cc5ccccc5-6)cc4C2)CC3)c2scc(C(=O)OC(C)C)c2n1. The Labute approximate surface area is 433 Å². The maximum Gasteiger partial charge on any atom is 0.341 e. The van der Waals surface area contributed by atoms with E-state index in [1.54, 1.807) is 16.0 Å². The minimum absolute atomic E-state index is 0.0112. The first-order valence-corrected chi connectivity index (χ1v) is 26.7. The summed E-state index contributed by atoms with van der Waals surface area (Å²) >= 11 is 8.07. The van der Waals surface area contributed by atoms with Gasteiger partial charge in [-0.15, -0.1) is 11.3 Å². The number of aryl methyl sites for hydroxylation is 3. The minimum Gasteiger partial charge on any atom is -0.491 e. The predicted octanol–water partition coefficient (Wildman–Crippen LogP) is 13.8. The van der Waals surface area contributed by atoms with Crippen LogP contribution in [0.1, 0.15) is 86.8 Å². The normalized spacial score (nSPS) is 15.2. The predicted molar refractivity (Wildman–Crippen MR) is 293 cm³/mol. The van der Waals surface area contributed by atoms with Crippen molar-refractivity contribution in [1.29, 1.82) is 0 Å². The number of carbonyl (C=O) groups excluding carboxylic acids is 1. The Morgan fingerprint density at radius 2 is 1.32 bits per heavy atom. The summed E-state index contributed by atoms with van der Waals surface area (Å²) in [4.78, 5) is 40.1. The van der Waals surface area contributed by atoms with E-state index < -0.39 is 5.97 Å². The second-order valence-corrected chi connectivity index (χ2v) is 21.7. The third kappa shape index (κ3) is 7.91. The summed E-state index contributed by atoms with van der Waals surface area (Å²) < 4.78 is 14.7. The molecular formula is C63H53ClN4O4S. The van der Waals surface area contributed by atoms with Gasteiger partial charge in [0.15, 0.2) is 0 Å². The van der Waals surface area contributed by atoms with Crippen LogP contribution in [-0.4, -0.2) is 44.2 Å². The van der Waals surface area contributed by atoms with Crippen LogP contribution in [-0.2, 0) is 50.1 Å². The second kappa shape index (κ2) is 18.1. The van der Waals surface area contributed by atoms with Crippen LogP contribution in [0.25, 0.3) is 65.9 Å². The van der Waals surface area contributed by atoms with Gasteiger partial charge in [0.1, 0.15) is 18.2 Å². The Balaban J connectivity index is 0.783. The number of benzene rings is 6. The van der Waals surface area contributed by atoms with Gasteiger partial charge in [-0.2, -0.15) is 0 Å². The molecule has 1 atom stereocenters. The van der Waals surface area contributed by atoms with E-state index in [4.69, 9.17) is 31.0 Å². The van der Waals surface area contributed by atoms with Crippen LogP contribution in [0.3, 0.4) is 0 Å². The Kier molecular flexibility index (Phi) is 11.3. The fourth-order valence-electron chi connectivity index (χ4n) is 12.2. The number of hydrogen-bond donors (Lipinski definition) is 0. The zero-order valence-corrected chi connectivity index (χ0v) is 42.9. The summed E-state index contributed by atoms with van der Waals surface area (Å²) in [6.45, 7) is 9.73. The molecule has 0 N–H and O–H groups in total. The van der Waals surface area contributed by atoms with Crippen molar-refractivity contribution in [1.82, 2.24) is 19.4 Å². The topological polar surface area (TPSA) is 86.6 Å². The van der Waals surface area contributed by atoms with E-state index >= 15 is 0 Å². The fraction of sp³-hybridized carbons (Fsp3) is 0.238. The molecule has 73 heavy (non-hydrogen) atoms. The van der Waals surface area contributed by atoms with Gasteiger partial charge in [0.2, 0.25) is 0 Å². The quantitative estimate of drug-likeness (QED) is 0.126. The van der Waals surface area contributed by atoms with Gasteiger partial charge in [-0.05, 0) is 174 Å². The third-order valence-corrected chi connectivity index (χ3v) is 16.8. The Hall–Kier alpha value is -7.17. The van der Waals surface area contributed by atoms with Gasteiger partial charge in [-0.25, -0.2) is 9.78 Å². The van der Waals surface area contributed by atoms with Gasteiger partial charge in [0.25, 0.3) is 5.56 Å². The highest BCUT2D eigenvalue weighted by Gasteiger charge is 2.34. The summed E-state index contributed by atoms with van der Waals surface area (Å²) in [5.74, 6) is 0.909. The number of nitrogens with zero attached hydrogens (tertiary/aromatic N) is 4. The maximum atomic E-state index is 14.6. The molecule has 8 nitrogen and oxygen atoms in total. The van der Waals surface area contributed by atoms with E-state index in [2.05, 4.69) is 102 Å². The lowest BCUT2D eigenvalue weighted by molar-refractivity contribution is 0.0380. The molecule has 6 aromatic carbocycles. The summed E-state index contributed by atoms with van der Waals surface area (Å²) in [7, 11) is 0. The lowest BCUT2D eigenvalue weighted by Crippen LogP contribution is -2.41. The van der Waals surface area contributed by atoms with Crippen molar-refractivity contribution >= 4 is 39.1 Å². The average Bonchev–Trinajstić information content (AvgIpc) is 4.19. The average molecular weight is 998 g/mol. The van der Waals surface area contributed by atoms with Crippen molar-refractivity contribution in [2.24, 2.45) is 0 Å². The number of halogens is 1. The molecule has 13 rings (SSSR count). The molecule has 0 radical (unpaired) electrons. The van der Waals surface area contributed by atoms with Gasteiger partial charge in [-0.3, -0.25) is 19.2 Å². The number of ether oxygens (including phenoxy) is 2. The minimum atomic E-state index is -0.400. The molecule has 1 unspecified atom stereocenters. The standard InChI is InChI=1S/C63H53ClN4O4S/c1-35(2)72-63(70)57-34-73-61-55(25-36(3)65-60(57)61)54-30-42(64)19-22-59(54)71-24-23-68-37(4)66-58-21-20-43(31-56(58)62(68)69)67-32-40-28-52(48-17-9-15-46-44-13-7-5-11-38(44)26-50(46)48)53(29-41(40)33-67)49-18-10-16-47-45-14-8-6-12-39(45)27-51(47)49/h5-19,22,25,28-30,34-35,43H,20-21,23-24,26-27,31-33H2,1-4H3. The van der Waals surface area contributed by atoms with Crippen LogP contribution in [0.4, 0.5) is 0 Å². The highest BCUT2D eigenvalue weighted by molar-refractivity contribution is 7.18. The van der Waals surface area contributed by atoms with Crippen LogP contribution in [0, 0.1) is 13.8 Å². The monoisotopic (exact) mass is 996 g/mol. The first-order valence-electron chi connectivity index (χ1n) is 25.5. The molecule has 10 heteroatoms. The Morgan fingerprint density at radius 1 is 0.699 bits per heavy atom. The summed E-state index contributed by atoms with van der Waals surface area (Å²) in [6, 6.07) is 44.2. The van der Waals surface area contributed by atoms with E-state index in [0.717, 1.165) is 71.6 Å². The number of carbonyl (C=O) groups is 1. The second-order valence-electron chi connectivity index (χ2n) is 20.4. The number of thiophene rings is 1. The van der Waals surface area contributed by atoms with Crippen LogP contribution < -0.4 is 10.3 Å². The lowest BCUT2D eigenvalue weighted by atomic mass is 9.85. The number of pyridine rings is 1. The third-order valence-electron chi connectivity index (χ3n) is 15.6. The summed E-state index contributed by atoms with van der Waals surface area (Å²) in [5, 5.41) is 2.36. The number of fused-ring (bicyclic) bond motifs is 9. The van der Waals surface area contributed by atoms with Crippen molar-refractivity contribution in [2.75, 3.05) is 6.61 Å². The van der Waals surface area contributed by atoms with Crippen molar-refractivity contribution in [2.45, 2.75) is 91.6 Å². The van der Waals surface area contributed by atoms with Crippen LogP contribution >= 0.6 is 22.9 Å². The molecule has 4 aliphatic rings. The molecule has 0 saturated heterocycles. The molecule has 0 spiro atoms. The van der Waals surface area contributed by atoms with E-state index in [-0.39, 0.29) is 24.3 Å². The van der Waals surface area contributed by atoms with Crippen molar-refractivity contribution in [3.63, 3.8) is 0 Å². The van der Waals surface area contributed by atoms with E-state index in [9.17, 15) is 9.59 Å². The van der Waals surface area contributed by atoms with Crippen molar-refractivity contribution < 1.29 is 14.3 Å². The van der Waals surface area contributed by atoms with Gasteiger partial charge in [0.05, 0.1) is 34.1 Å². The fourth-order valence-corrected chi connectivity index (χ4v) is 13.4. The molecular weight excluding hydrogens is 944 g/mol. The first-order chi connectivity index (χ1) is 35.5. The molecule has 1 aliphatic heterocycles. The highest BCUT2D eigenvalue weighted by atomic mass is 35.5. The molecule has 0 saturated carbocycles.